The molecule has 23 heavy (non-hydrogen) atoms. The number of hydrogen-bond acceptors (Lipinski definition) is 3. The summed E-state index contributed by atoms with van der Waals surface area (Å²) in [4.78, 5) is 27.6. The Morgan fingerprint density at radius 1 is 1.13 bits per heavy atom. The first-order chi connectivity index (χ1) is 10.9. The van der Waals surface area contributed by atoms with E-state index in [-0.39, 0.29) is 5.56 Å². The Kier molecular flexibility index (Phi) is 4.18. The van der Waals surface area contributed by atoms with Crippen LogP contribution in [0.4, 0.5) is 13.2 Å². The zero-order valence-corrected chi connectivity index (χ0v) is 12.4. The highest BCUT2D eigenvalue weighted by Crippen LogP contribution is 2.28. The van der Waals surface area contributed by atoms with Crippen LogP contribution in [-0.2, 0) is 6.18 Å². The van der Waals surface area contributed by atoms with Gasteiger partial charge in [-0.15, -0.1) is 0 Å². The number of carbonyl (C=O) groups is 1. The maximum atomic E-state index is 12.6. The molecule has 0 radical (unpaired) electrons. The van der Waals surface area contributed by atoms with Gasteiger partial charge in [-0.1, -0.05) is 0 Å². The van der Waals surface area contributed by atoms with Crippen LogP contribution in [0.2, 0.25) is 0 Å². The van der Waals surface area contributed by atoms with Crippen LogP contribution in [0.25, 0.3) is 0 Å². The number of fused-ring (bicyclic) bond motifs is 1. The van der Waals surface area contributed by atoms with Crippen molar-refractivity contribution in [1.29, 1.82) is 0 Å². The fourth-order valence-corrected chi connectivity index (χ4v) is 3.40. The molecule has 126 valence electrons. The van der Waals surface area contributed by atoms with Gasteiger partial charge in [-0.25, -0.2) is 0 Å². The number of pyridine rings is 1. The van der Waals surface area contributed by atoms with Gasteiger partial charge in [0, 0.05) is 13.1 Å². The number of aromatic nitrogens is 1. The summed E-state index contributed by atoms with van der Waals surface area (Å²) in [6.45, 7) is 2.94. The van der Waals surface area contributed by atoms with Crippen LogP contribution in [0, 0.1) is 11.8 Å². The Bertz CT molecular complexity index is 642. The number of hydrogen-bond donors (Lipinski definition) is 2. The zero-order valence-electron chi connectivity index (χ0n) is 12.4. The number of rotatable bonds is 1. The zero-order chi connectivity index (χ0) is 16.6. The Morgan fingerprint density at radius 2 is 1.74 bits per heavy atom. The molecule has 5 nitrogen and oxygen atoms in total. The Labute approximate surface area is 130 Å². The minimum Gasteiger partial charge on any atom is -0.338 e. The maximum absolute atomic E-state index is 12.6. The molecule has 0 saturated carbocycles. The number of amides is 1. The lowest BCUT2D eigenvalue weighted by Crippen LogP contribution is -2.36. The number of H-pyrrole nitrogens is 1. The average Bonchev–Trinajstić information content (AvgIpc) is 2.84. The van der Waals surface area contributed by atoms with Gasteiger partial charge in [0.15, 0.2) is 0 Å². The molecule has 2 aliphatic heterocycles. The summed E-state index contributed by atoms with van der Waals surface area (Å²) in [5.41, 5.74) is -2.37. The number of carbonyl (C=O) groups excluding carboxylic acids is 1. The van der Waals surface area contributed by atoms with Crippen molar-refractivity contribution in [3.63, 3.8) is 0 Å². The normalized spacial score (nSPS) is 25.1. The van der Waals surface area contributed by atoms with Gasteiger partial charge >= 0.3 is 6.18 Å². The quantitative estimate of drug-likeness (QED) is 0.820. The van der Waals surface area contributed by atoms with E-state index in [4.69, 9.17) is 0 Å². The van der Waals surface area contributed by atoms with E-state index in [1.165, 1.54) is 0 Å². The van der Waals surface area contributed by atoms with Crippen LogP contribution >= 0.6 is 0 Å². The van der Waals surface area contributed by atoms with Crippen molar-refractivity contribution in [3.8, 4) is 0 Å². The second kappa shape index (κ2) is 5.99. The van der Waals surface area contributed by atoms with Crippen LogP contribution in [0.15, 0.2) is 16.9 Å². The molecule has 8 heteroatoms. The molecule has 3 rings (SSSR count). The van der Waals surface area contributed by atoms with Crippen LogP contribution in [-0.4, -0.2) is 42.0 Å². The van der Waals surface area contributed by atoms with Gasteiger partial charge in [0.25, 0.3) is 11.5 Å². The van der Waals surface area contributed by atoms with E-state index in [0.717, 1.165) is 38.1 Å². The van der Waals surface area contributed by atoms with Crippen molar-refractivity contribution >= 4 is 5.91 Å². The fourth-order valence-electron chi connectivity index (χ4n) is 3.40. The van der Waals surface area contributed by atoms with Crippen molar-refractivity contribution in [2.24, 2.45) is 11.8 Å². The van der Waals surface area contributed by atoms with Crippen molar-refractivity contribution < 1.29 is 18.0 Å². The second-order valence-electron chi connectivity index (χ2n) is 6.16. The van der Waals surface area contributed by atoms with E-state index in [9.17, 15) is 22.8 Å². The van der Waals surface area contributed by atoms with Crippen LogP contribution in [0.5, 0.6) is 0 Å². The van der Waals surface area contributed by atoms with Crippen LogP contribution < -0.4 is 10.9 Å². The van der Waals surface area contributed by atoms with Crippen molar-refractivity contribution in [2.45, 2.75) is 19.0 Å². The third-order valence-corrected chi connectivity index (χ3v) is 4.75. The minimum absolute atomic E-state index is 0.233. The van der Waals surface area contributed by atoms with E-state index in [2.05, 4.69) is 5.32 Å². The summed E-state index contributed by atoms with van der Waals surface area (Å²) in [7, 11) is 0. The molecule has 3 heterocycles. The summed E-state index contributed by atoms with van der Waals surface area (Å²) in [5, 5.41) is 3.33. The molecule has 2 saturated heterocycles. The van der Waals surface area contributed by atoms with E-state index in [1.807, 2.05) is 0 Å². The lowest BCUT2D eigenvalue weighted by atomic mass is 9.92. The lowest BCUT2D eigenvalue weighted by molar-refractivity contribution is -0.141. The second-order valence-corrected chi connectivity index (χ2v) is 6.16. The minimum atomic E-state index is -4.63. The number of halogens is 3. The van der Waals surface area contributed by atoms with E-state index in [0.29, 0.717) is 24.9 Å². The smallest absolute Gasteiger partial charge is 0.338 e. The van der Waals surface area contributed by atoms with Gasteiger partial charge in [0.1, 0.15) is 11.3 Å². The van der Waals surface area contributed by atoms with Gasteiger partial charge in [0.2, 0.25) is 0 Å². The number of nitrogens with zero attached hydrogens (tertiary/aromatic N) is 1. The summed E-state index contributed by atoms with van der Waals surface area (Å²) >= 11 is 0. The molecule has 0 spiro atoms. The third-order valence-electron chi connectivity index (χ3n) is 4.75. The molecule has 2 atom stereocenters. The van der Waals surface area contributed by atoms with Crippen molar-refractivity contribution in [1.82, 2.24) is 15.2 Å². The largest absolute Gasteiger partial charge is 0.431 e. The van der Waals surface area contributed by atoms with E-state index in [1.54, 1.807) is 9.88 Å². The Morgan fingerprint density at radius 3 is 2.26 bits per heavy atom. The molecule has 2 fully saturated rings. The summed E-state index contributed by atoms with van der Waals surface area (Å²) in [6, 6.07) is 1.71. The number of nitrogens with one attached hydrogen (secondary N) is 2. The van der Waals surface area contributed by atoms with Crippen LogP contribution in [0.1, 0.15) is 28.9 Å². The molecule has 0 unspecified atom stereocenters. The molecule has 0 aromatic carbocycles. The third kappa shape index (κ3) is 3.26. The van der Waals surface area contributed by atoms with Gasteiger partial charge in [-0.2, -0.15) is 13.2 Å². The maximum Gasteiger partial charge on any atom is 0.431 e. The number of alkyl halides is 3. The summed E-state index contributed by atoms with van der Waals surface area (Å²) in [5.74, 6) is 0.560. The molecule has 2 aliphatic rings. The van der Waals surface area contributed by atoms with Crippen molar-refractivity contribution in [2.75, 3.05) is 26.2 Å². The molecule has 0 bridgehead atoms. The van der Waals surface area contributed by atoms with E-state index < -0.39 is 23.3 Å². The summed E-state index contributed by atoms with van der Waals surface area (Å²) in [6.07, 6.45) is -2.93. The van der Waals surface area contributed by atoms with Gasteiger partial charge in [-0.3, -0.25) is 9.59 Å². The number of likely N-dealkylation sites (tertiary alicyclic amines) is 1. The predicted octanol–water partition coefficient (Wildman–Crippen LogP) is 1.47. The van der Waals surface area contributed by atoms with Crippen molar-refractivity contribution in [3.05, 3.63) is 33.7 Å². The monoisotopic (exact) mass is 329 g/mol. The highest BCUT2D eigenvalue weighted by molar-refractivity contribution is 5.93. The Balaban J connectivity index is 1.76. The standard InChI is InChI=1S/C15H18F3N3O2/c16-15(17,18)12-2-1-11(13(22)20-12)14(23)21-5-3-9-7-19-8-10(9)4-6-21/h1-2,9-10,19H,3-8H2,(H,20,22)/t9-,10+. The number of aromatic amines is 1. The molecule has 2 N–H and O–H groups in total. The topological polar surface area (TPSA) is 65.2 Å². The first-order valence-corrected chi connectivity index (χ1v) is 7.67. The molecule has 1 aromatic heterocycles. The first-order valence-electron chi connectivity index (χ1n) is 7.67. The average molecular weight is 329 g/mol. The molecular weight excluding hydrogens is 311 g/mol. The predicted molar refractivity (Wildman–Crippen MR) is 77.1 cm³/mol. The van der Waals surface area contributed by atoms with Crippen LogP contribution in [0.3, 0.4) is 0 Å². The molecule has 1 aromatic rings. The SMILES string of the molecule is O=C(c1ccc(C(F)(F)F)[nH]c1=O)N1CC[C@@H]2CNC[C@@H]2CC1. The van der Waals surface area contributed by atoms with Gasteiger partial charge < -0.3 is 15.2 Å². The molecule has 0 aliphatic carbocycles. The fraction of sp³-hybridized carbons (Fsp3) is 0.600. The highest BCUT2D eigenvalue weighted by atomic mass is 19.4. The molecular formula is C15H18F3N3O2. The summed E-state index contributed by atoms with van der Waals surface area (Å²) < 4.78 is 37.7. The van der Waals surface area contributed by atoms with Gasteiger partial charge in [-0.05, 0) is 49.9 Å². The highest BCUT2D eigenvalue weighted by Gasteiger charge is 2.34. The lowest BCUT2D eigenvalue weighted by Gasteiger charge is -2.20. The van der Waals surface area contributed by atoms with Gasteiger partial charge in [0.05, 0.1) is 0 Å². The van der Waals surface area contributed by atoms with E-state index >= 15 is 0 Å². The molecule has 1 amide bonds. The first kappa shape index (κ1) is 16.0. The Hall–Kier alpha value is -1.83.